The first-order valence-corrected chi connectivity index (χ1v) is 6.58. The van der Waals surface area contributed by atoms with Crippen molar-refractivity contribution < 1.29 is 4.79 Å². The molecule has 2 heteroatoms. The molecule has 2 nitrogen and oxygen atoms in total. The molecule has 0 saturated heterocycles. The van der Waals surface area contributed by atoms with Gasteiger partial charge in [0.2, 0.25) is 0 Å². The molecule has 0 radical (unpaired) electrons. The van der Waals surface area contributed by atoms with Crippen LogP contribution in [0.2, 0.25) is 0 Å². The smallest absolute Gasteiger partial charge is 0.170 e. The number of ketones is 1. The standard InChI is InChI=1S/C17H19NO/c1-3-16(13-8-10-15(18)11-9-13)17(19)14-6-4-12(2)5-7-14/h4-11,16H,3,18H2,1-2H3. The molecule has 0 fully saturated rings. The van der Waals surface area contributed by atoms with Gasteiger partial charge in [-0.2, -0.15) is 0 Å². The quantitative estimate of drug-likeness (QED) is 0.662. The van der Waals surface area contributed by atoms with Gasteiger partial charge in [-0.3, -0.25) is 4.79 Å². The molecule has 2 N–H and O–H groups in total. The Morgan fingerprint density at radius 1 is 1.05 bits per heavy atom. The number of nitrogens with two attached hydrogens (primary N) is 1. The molecule has 0 aliphatic heterocycles. The molecule has 1 atom stereocenters. The van der Waals surface area contributed by atoms with Crippen molar-refractivity contribution in [3.63, 3.8) is 0 Å². The summed E-state index contributed by atoms with van der Waals surface area (Å²) in [4.78, 5) is 12.5. The normalized spacial score (nSPS) is 12.1. The van der Waals surface area contributed by atoms with Crippen molar-refractivity contribution in [2.24, 2.45) is 0 Å². The molecule has 0 spiro atoms. The van der Waals surface area contributed by atoms with Gasteiger partial charge < -0.3 is 5.73 Å². The fourth-order valence-electron chi connectivity index (χ4n) is 2.22. The summed E-state index contributed by atoms with van der Waals surface area (Å²) >= 11 is 0. The minimum Gasteiger partial charge on any atom is -0.399 e. The van der Waals surface area contributed by atoms with Crippen LogP contribution < -0.4 is 5.73 Å². The average Bonchev–Trinajstić information content (AvgIpc) is 2.42. The van der Waals surface area contributed by atoms with Crippen LogP contribution in [0.25, 0.3) is 0 Å². The molecule has 19 heavy (non-hydrogen) atoms. The van der Waals surface area contributed by atoms with E-state index >= 15 is 0 Å². The van der Waals surface area contributed by atoms with Crippen molar-refractivity contribution in [2.75, 3.05) is 5.73 Å². The van der Waals surface area contributed by atoms with Gasteiger partial charge in [-0.25, -0.2) is 0 Å². The van der Waals surface area contributed by atoms with Crippen LogP contribution in [-0.2, 0) is 0 Å². The van der Waals surface area contributed by atoms with Gasteiger partial charge >= 0.3 is 0 Å². The molecule has 0 saturated carbocycles. The lowest BCUT2D eigenvalue weighted by Gasteiger charge is -2.14. The molecular weight excluding hydrogens is 234 g/mol. The van der Waals surface area contributed by atoms with E-state index in [0.717, 1.165) is 28.8 Å². The molecule has 0 aliphatic carbocycles. The Morgan fingerprint density at radius 3 is 2.16 bits per heavy atom. The monoisotopic (exact) mass is 253 g/mol. The van der Waals surface area contributed by atoms with E-state index in [4.69, 9.17) is 5.73 Å². The fraction of sp³-hybridized carbons (Fsp3) is 0.235. The first kappa shape index (κ1) is 13.3. The highest BCUT2D eigenvalue weighted by atomic mass is 16.1. The fourth-order valence-corrected chi connectivity index (χ4v) is 2.22. The lowest BCUT2D eigenvalue weighted by molar-refractivity contribution is 0.0957. The van der Waals surface area contributed by atoms with Crippen molar-refractivity contribution in [3.05, 3.63) is 65.2 Å². The van der Waals surface area contributed by atoms with Crippen LogP contribution in [0.3, 0.4) is 0 Å². The second-order valence-electron chi connectivity index (χ2n) is 4.86. The predicted octanol–water partition coefficient (Wildman–Crippen LogP) is 3.95. The maximum Gasteiger partial charge on any atom is 0.170 e. The summed E-state index contributed by atoms with van der Waals surface area (Å²) < 4.78 is 0. The number of carbonyl (C=O) groups excluding carboxylic acids is 1. The Labute approximate surface area is 114 Å². The van der Waals surface area contributed by atoms with E-state index in [9.17, 15) is 4.79 Å². The minimum atomic E-state index is -0.0942. The molecule has 1 unspecified atom stereocenters. The molecule has 0 heterocycles. The zero-order chi connectivity index (χ0) is 13.8. The van der Waals surface area contributed by atoms with Crippen LogP contribution in [-0.4, -0.2) is 5.78 Å². The highest BCUT2D eigenvalue weighted by Gasteiger charge is 2.19. The van der Waals surface area contributed by atoms with Gasteiger partial charge in [0.05, 0.1) is 0 Å². The second kappa shape index (κ2) is 5.70. The van der Waals surface area contributed by atoms with Gasteiger partial charge in [0.15, 0.2) is 5.78 Å². The third-order valence-corrected chi connectivity index (χ3v) is 3.40. The van der Waals surface area contributed by atoms with Gasteiger partial charge in [0.1, 0.15) is 0 Å². The Balaban J connectivity index is 2.29. The van der Waals surface area contributed by atoms with E-state index in [1.165, 1.54) is 0 Å². The SMILES string of the molecule is CCC(C(=O)c1ccc(C)cc1)c1ccc(N)cc1. The molecule has 0 amide bonds. The number of Topliss-reactive ketones (excluding diaryl/α,β-unsaturated/α-hetero) is 1. The Bertz CT molecular complexity index is 555. The maximum absolute atomic E-state index is 12.5. The molecule has 0 aliphatic rings. The zero-order valence-corrected chi connectivity index (χ0v) is 11.4. The Hall–Kier alpha value is -2.09. The van der Waals surface area contributed by atoms with E-state index in [1.807, 2.05) is 62.4 Å². The molecule has 2 aromatic carbocycles. The Kier molecular flexibility index (Phi) is 4.00. The van der Waals surface area contributed by atoms with Gasteiger partial charge in [0.25, 0.3) is 0 Å². The number of hydrogen-bond donors (Lipinski definition) is 1. The first-order valence-electron chi connectivity index (χ1n) is 6.58. The van der Waals surface area contributed by atoms with Crippen molar-refractivity contribution in [2.45, 2.75) is 26.2 Å². The summed E-state index contributed by atoms with van der Waals surface area (Å²) in [6.45, 7) is 4.05. The minimum absolute atomic E-state index is 0.0942. The van der Waals surface area contributed by atoms with Crippen LogP contribution in [0.1, 0.15) is 40.7 Å². The zero-order valence-electron chi connectivity index (χ0n) is 11.4. The van der Waals surface area contributed by atoms with Crippen LogP contribution in [0.15, 0.2) is 48.5 Å². The van der Waals surface area contributed by atoms with E-state index in [-0.39, 0.29) is 11.7 Å². The topological polar surface area (TPSA) is 43.1 Å². The number of aryl methyl sites for hydroxylation is 1. The lowest BCUT2D eigenvalue weighted by Crippen LogP contribution is -2.12. The number of nitrogen functional groups attached to an aromatic ring is 1. The van der Waals surface area contributed by atoms with Crippen LogP contribution in [0, 0.1) is 6.92 Å². The van der Waals surface area contributed by atoms with Crippen LogP contribution >= 0.6 is 0 Å². The lowest BCUT2D eigenvalue weighted by atomic mass is 9.88. The summed E-state index contributed by atoms with van der Waals surface area (Å²) in [7, 11) is 0. The second-order valence-corrected chi connectivity index (χ2v) is 4.86. The number of rotatable bonds is 4. The van der Waals surface area contributed by atoms with Crippen molar-refractivity contribution in [1.82, 2.24) is 0 Å². The van der Waals surface area contributed by atoms with Gasteiger partial charge in [-0.15, -0.1) is 0 Å². The molecule has 2 aromatic rings. The molecule has 2 rings (SSSR count). The third kappa shape index (κ3) is 3.02. The number of anilines is 1. The van der Waals surface area contributed by atoms with Crippen molar-refractivity contribution >= 4 is 11.5 Å². The summed E-state index contributed by atoms with van der Waals surface area (Å²) in [5.41, 5.74) is 9.38. The number of carbonyl (C=O) groups is 1. The van der Waals surface area contributed by atoms with E-state index in [0.29, 0.717) is 0 Å². The highest BCUT2D eigenvalue weighted by molar-refractivity contribution is 6.01. The van der Waals surface area contributed by atoms with Crippen LogP contribution in [0.4, 0.5) is 5.69 Å². The first-order chi connectivity index (χ1) is 9.11. The summed E-state index contributed by atoms with van der Waals surface area (Å²) in [5.74, 6) is 0.0792. The number of benzene rings is 2. The predicted molar refractivity (Wildman–Crippen MR) is 79.4 cm³/mol. The Morgan fingerprint density at radius 2 is 1.63 bits per heavy atom. The van der Waals surface area contributed by atoms with Crippen molar-refractivity contribution in [1.29, 1.82) is 0 Å². The largest absolute Gasteiger partial charge is 0.399 e. The van der Waals surface area contributed by atoms with Crippen LogP contribution in [0.5, 0.6) is 0 Å². The molecule has 0 bridgehead atoms. The van der Waals surface area contributed by atoms with E-state index in [2.05, 4.69) is 0 Å². The summed E-state index contributed by atoms with van der Waals surface area (Å²) in [6.07, 6.45) is 0.788. The van der Waals surface area contributed by atoms with Gasteiger partial charge in [-0.1, -0.05) is 48.9 Å². The van der Waals surface area contributed by atoms with Crippen molar-refractivity contribution in [3.8, 4) is 0 Å². The average molecular weight is 253 g/mol. The molecule has 98 valence electrons. The van der Waals surface area contributed by atoms with E-state index < -0.39 is 0 Å². The van der Waals surface area contributed by atoms with Gasteiger partial charge in [-0.05, 0) is 31.0 Å². The molecular formula is C17H19NO. The van der Waals surface area contributed by atoms with E-state index in [1.54, 1.807) is 0 Å². The molecule has 0 aromatic heterocycles. The summed E-state index contributed by atoms with van der Waals surface area (Å²) in [6, 6.07) is 15.3. The highest BCUT2D eigenvalue weighted by Crippen LogP contribution is 2.25. The number of hydrogen-bond acceptors (Lipinski definition) is 2. The van der Waals surface area contributed by atoms with Gasteiger partial charge in [0, 0.05) is 17.2 Å². The maximum atomic E-state index is 12.5. The third-order valence-electron chi connectivity index (χ3n) is 3.40. The summed E-state index contributed by atoms with van der Waals surface area (Å²) in [5, 5.41) is 0.